The number of benzene rings is 1. The van der Waals surface area contributed by atoms with Crippen molar-refractivity contribution in [2.45, 2.75) is 64.3 Å². The zero-order valence-electron chi connectivity index (χ0n) is 18.5. The van der Waals surface area contributed by atoms with Crippen LogP contribution in [0.1, 0.15) is 56.1 Å². The van der Waals surface area contributed by atoms with E-state index in [4.69, 9.17) is 0 Å². The lowest BCUT2D eigenvalue weighted by Gasteiger charge is -2.42. The van der Waals surface area contributed by atoms with Gasteiger partial charge in [0.15, 0.2) is 0 Å². The minimum atomic E-state index is 0.177. The topological polar surface area (TPSA) is 43.9 Å². The fourth-order valence-corrected chi connectivity index (χ4v) is 5.05. The average Bonchev–Trinajstić information content (AvgIpc) is 3.22. The Labute approximate surface area is 181 Å². The zero-order valence-corrected chi connectivity index (χ0v) is 18.5. The molecule has 2 aliphatic heterocycles. The van der Waals surface area contributed by atoms with Gasteiger partial charge in [-0.2, -0.15) is 0 Å². The molecule has 30 heavy (non-hydrogen) atoms. The van der Waals surface area contributed by atoms with Gasteiger partial charge in [0.1, 0.15) is 0 Å². The summed E-state index contributed by atoms with van der Waals surface area (Å²) < 4.78 is 0. The molecule has 2 heterocycles. The third-order valence-electron chi connectivity index (χ3n) is 7.26. The highest BCUT2D eigenvalue weighted by Gasteiger charge is 2.36. The number of carbonyl (C=O) groups excluding carboxylic acids is 2. The van der Waals surface area contributed by atoms with Gasteiger partial charge in [-0.05, 0) is 64.1 Å². The Bertz CT molecular complexity index is 722. The number of nitrogens with zero attached hydrogens (tertiary/aromatic N) is 3. The van der Waals surface area contributed by atoms with Gasteiger partial charge in [-0.15, -0.1) is 0 Å². The van der Waals surface area contributed by atoms with Crippen molar-refractivity contribution in [3.8, 4) is 0 Å². The number of aryl methyl sites for hydroxylation is 1. The fourth-order valence-electron chi connectivity index (χ4n) is 5.05. The molecule has 1 atom stereocenters. The van der Waals surface area contributed by atoms with Gasteiger partial charge in [-0.25, -0.2) is 0 Å². The molecule has 164 valence electrons. The summed E-state index contributed by atoms with van der Waals surface area (Å²) in [5.41, 5.74) is 2.29. The third-order valence-corrected chi connectivity index (χ3v) is 7.26. The summed E-state index contributed by atoms with van der Waals surface area (Å²) in [4.78, 5) is 32.9. The van der Waals surface area contributed by atoms with Crippen molar-refractivity contribution < 1.29 is 9.59 Å². The molecule has 0 bridgehead atoms. The molecule has 0 radical (unpaired) electrons. The molecule has 1 aromatic carbocycles. The van der Waals surface area contributed by atoms with Gasteiger partial charge < -0.3 is 14.7 Å². The summed E-state index contributed by atoms with van der Waals surface area (Å²) in [5.74, 6) is 0.764. The van der Waals surface area contributed by atoms with Crippen LogP contribution < -0.4 is 0 Å². The summed E-state index contributed by atoms with van der Waals surface area (Å²) in [6, 6.07) is 8.42. The van der Waals surface area contributed by atoms with Crippen LogP contribution >= 0.6 is 0 Å². The van der Waals surface area contributed by atoms with E-state index < -0.39 is 0 Å². The Morgan fingerprint density at radius 1 is 0.967 bits per heavy atom. The molecule has 4 rings (SSSR count). The maximum absolute atomic E-state index is 13.2. The number of hydrogen-bond donors (Lipinski definition) is 0. The second kappa shape index (κ2) is 9.95. The van der Waals surface area contributed by atoms with Crippen molar-refractivity contribution in [1.29, 1.82) is 0 Å². The Morgan fingerprint density at radius 2 is 1.70 bits per heavy atom. The molecule has 5 nitrogen and oxygen atoms in total. The first-order valence-electron chi connectivity index (χ1n) is 12.0. The van der Waals surface area contributed by atoms with E-state index in [2.05, 4.69) is 41.0 Å². The lowest BCUT2D eigenvalue weighted by atomic mass is 9.83. The Hall–Kier alpha value is -1.88. The van der Waals surface area contributed by atoms with E-state index in [0.717, 1.165) is 64.0 Å². The van der Waals surface area contributed by atoms with Crippen LogP contribution in [0.5, 0.6) is 0 Å². The van der Waals surface area contributed by atoms with Crippen LogP contribution in [-0.4, -0.2) is 71.8 Å². The molecule has 3 fully saturated rings. The van der Waals surface area contributed by atoms with Crippen molar-refractivity contribution in [3.63, 3.8) is 0 Å². The third kappa shape index (κ3) is 5.23. The first-order valence-corrected chi connectivity index (χ1v) is 12.0. The molecule has 5 heteroatoms. The first-order chi connectivity index (χ1) is 14.6. The second-order valence-electron chi connectivity index (χ2n) is 9.51. The summed E-state index contributed by atoms with van der Waals surface area (Å²) in [6.07, 6.45) is 8.29. The van der Waals surface area contributed by atoms with Gasteiger partial charge >= 0.3 is 0 Å². The van der Waals surface area contributed by atoms with E-state index in [9.17, 15) is 9.59 Å². The summed E-state index contributed by atoms with van der Waals surface area (Å²) in [7, 11) is 0. The van der Waals surface area contributed by atoms with E-state index in [1.807, 2.05) is 4.90 Å². The number of piperidine rings is 1. The van der Waals surface area contributed by atoms with Crippen LogP contribution in [-0.2, 0) is 16.0 Å². The smallest absolute Gasteiger partial charge is 0.227 e. The van der Waals surface area contributed by atoms with Gasteiger partial charge in [0.05, 0.1) is 6.42 Å². The number of carbonyl (C=O) groups is 2. The van der Waals surface area contributed by atoms with E-state index in [1.54, 1.807) is 0 Å². The summed E-state index contributed by atoms with van der Waals surface area (Å²) in [5, 5.41) is 0. The van der Waals surface area contributed by atoms with E-state index in [0.29, 0.717) is 18.9 Å². The molecule has 0 N–H and O–H groups in total. The van der Waals surface area contributed by atoms with Crippen LogP contribution in [0.3, 0.4) is 0 Å². The largest absolute Gasteiger partial charge is 0.340 e. The number of rotatable bonds is 7. The summed E-state index contributed by atoms with van der Waals surface area (Å²) >= 11 is 0. The van der Waals surface area contributed by atoms with E-state index >= 15 is 0 Å². The van der Waals surface area contributed by atoms with E-state index in [1.165, 1.54) is 24.8 Å². The quantitative estimate of drug-likeness (QED) is 0.692. The minimum absolute atomic E-state index is 0.177. The molecular formula is C25H37N3O2. The van der Waals surface area contributed by atoms with Gasteiger partial charge in [0.25, 0.3) is 0 Å². The summed E-state index contributed by atoms with van der Waals surface area (Å²) in [6.45, 7) is 7.71. The molecule has 1 saturated carbocycles. The molecule has 2 saturated heterocycles. The molecule has 0 spiro atoms. The normalized spacial score (nSPS) is 22.7. The molecule has 1 aromatic rings. The molecular weight excluding hydrogens is 374 g/mol. The number of amides is 2. The lowest BCUT2D eigenvalue weighted by Crippen LogP contribution is -2.55. The predicted octanol–water partition coefficient (Wildman–Crippen LogP) is 3.25. The van der Waals surface area contributed by atoms with Crippen LogP contribution in [0, 0.1) is 12.8 Å². The highest BCUT2D eigenvalue weighted by Crippen LogP contribution is 2.30. The molecule has 3 aliphatic rings. The van der Waals surface area contributed by atoms with Crippen molar-refractivity contribution >= 4 is 11.8 Å². The highest BCUT2D eigenvalue weighted by molar-refractivity contribution is 5.81. The van der Waals surface area contributed by atoms with Crippen LogP contribution in [0.25, 0.3) is 0 Å². The maximum atomic E-state index is 13.2. The molecule has 1 aliphatic carbocycles. The lowest BCUT2D eigenvalue weighted by molar-refractivity contribution is -0.144. The number of likely N-dealkylation sites (tertiary alicyclic amines) is 2. The highest BCUT2D eigenvalue weighted by atomic mass is 16.2. The van der Waals surface area contributed by atoms with Gasteiger partial charge in [0, 0.05) is 38.1 Å². The standard InChI is InChI=1S/C25H37N3O2/c1-20-9-11-21(12-10-20)18-24(29)27-15-5-8-23(19-27)28(25(30)22-6-4-7-22)17-16-26-13-2-3-14-26/h9-12,22-23H,2-8,13-19H2,1H3. The monoisotopic (exact) mass is 411 g/mol. The molecule has 2 amide bonds. The van der Waals surface area contributed by atoms with Crippen LogP contribution in [0.2, 0.25) is 0 Å². The minimum Gasteiger partial charge on any atom is -0.340 e. The zero-order chi connectivity index (χ0) is 20.9. The van der Waals surface area contributed by atoms with Crippen molar-refractivity contribution in [2.75, 3.05) is 39.3 Å². The van der Waals surface area contributed by atoms with Gasteiger partial charge in [0.2, 0.25) is 11.8 Å². The Balaban J connectivity index is 1.38. The van der Waals surface area contributed by atoms with E-state index in [-0.39, 0.29) is 17.9 Å². The Kier molecular flexibility index (Phi) is 7.08. The Morgan fingerprint density at radius 3 is 2.37 bits per heavy atom. The maximum Gasteiger partial charge on any atom is 0.227 e. The van der Waals surface area contributed by atoms with Crippen molar-refractivity contribution in [3.05, 3.63) is 35.4 Å². The van der Waals surface area contributed by atoms with Gasteiger partial charge in [-0.1, -0.05) is 36.2 Å². The van der Waals surface area contributed by atoms with Gasteiger partial charge in [-0.3, -0.25) is 9.59 Å². The number of hydrogen-bond acceptors (Lipinski definition) is 3. The SMILES string of the molecule is Cc1ccc(CC(=O)N2CCCC(N(CCN3CCCC3)C(=O)C3CCC3)C2)cc1. The van der Waals surface area contributed by atoms with Crippen molar-refractivity contribution in [1.82, 2.24) is 14.7 Å². The fraction of sp³-hybridized carbons (Fsp3) is 0.680. The second-order valence-corrected chi connectivity index (χ2v) is 9.51. The van der Waals surface area contributed by atoms with Crippen LogP contribution in [0.15, 0.2) is 24.3 Å². The van der Waals surface area contributed by atoms with Crippen molar-refractivity contribution in [2.24, 2.45) is 5.92 Å². The average molecular weight is 412 g/mol. The van der Waals surface area contributed by atoms with Crippen LogP contribution in [0.4, 0.5) is 0 Å². The molecule has 1 unspecified atom stereocenters. The molecule has 0 aromatic heterocycles. The first kappa shape index (κ1) is 21.4. The predicted molar refractivity (Wildman–Crippen MR) is 119 cm³/mol.